The zero-order valence-corrected chi connectivity index (χ0v) is 13.4. The van der Waals surface area contributed by atoms with Crippen LogP contribution in [0.3, 0.4) is 0 Å². The Labute approximate surface area is 122 Å². The lowest BCUT2D eigenvalue weighted by Gasteiger charge is -2.13. The summed E-state index contributed by atoms with van der Waals surface area (Å²) in [6.45, 7) is 8.57. The first kappa shape index (κ1) is 14.5. The van der Waals surface area contributed by atoms with Gasteiger partial charge in [-0.15, -0.1) is 23.1 Å². The SMILES string of the molecule is CCc1nc(CSCc2csc(C(C)(C)C)n2)no1. The van der Waals surface area contributed by atoms with Crippen LogP contribution >= 0.6 is 23.1 Å². The van der Waals surface area contributed by atoms with Crippen LogP contribution in [-0.2, 0) is 23.3 Å². The summed E-state index contributed by atoms with van der Waals surface area (Å²) in [5, 5.41) is 7.27. The third-order valence-corrected chi connectivity index (χ3v) is 4.77. The van der Waals surface area contributed by atoms with Crippen molar-refractivity contribution in [2.24, 2.45) is 0 Å². The van der Waals surface area contributed by atoms with Crippen LogP contribution in [0.15, 0.2) is 9.90 Å². The lowest BCUT2D eigenvalue weighted by molar-refractivity contribution is 0.378. The van der Waals surface area contributed by atoms with Gasteiger partial charge in [0.15, 0.2) is 5.82 Å². The number of hydrogen-bond acceptors (Lipinski definition) is 6. The van der Waals surface area contributed by atoms with E-state index < -0.39 is 0 Å². The van der Waals surface area contributed by atoms with E-state index in [0.29, 0.717) is 5.89 Å². The highest BCUT2D eigenvalue weighted by molar-refractivity contribution is 7.97. The van der Waals surface area contributed by atoms with Crippen molar-refractivity contribution in [1.29, 1.82) is 0 Å². The lowest BCUT2D eigenvalue weighted by atomic mass is 9.98. The number of hydrogen-bond donors (Lipinski definition) is 0. The molecular formula is C13H19N3OS2. The van der Waals surface area contributed by atoms with Crippen molar-refractivity contribution in [2.45, 2.75) is 51.0 Å². The minimum absolute atomic E-state index is 0.136. The number of aromatic nitrogens is 3. The second-order valence-corrected chi connectivity index (χ2v) is 7.19. The predicted molar refractivity (Wildman–Crippen MR) is 79.5 cm³/mol. The van der Waals surface area contributed by atoms with Gasteiger partial charge in [0.1, 0.15) is 0 Å². The molecule has 0 atom stereocenters. The summed E-state index contributed by atoms with van der Waals surface area (Å²) >= 11 is 3.50. The average Bonchev–Trinajstić information content (AvgIpc) is 2.96. The van der Waals surface area contributed by atoms with Gasteiger partial charge in [-0.1, -0.05) is 32.9 Å². The molecule has 2 aromatic heterocycles. The number of aryl methyl sites for hydroxylation is 1. The molecule has 0 N–H and O–H groups in total. The van der Waals surface area contributed by atoms with E-state index in [1.54, 1.807) is 23.1 Å². The minimum Gasteiger partial charge on any atom is -0.339 e. The summed E-state index contributed by atoms with van der Waals surface area (Å²) in [4.78, 5) is 8.96. The maximum Gasteiger partial charge on any atom is 0.226 e. The van der Waals surface area contributed by atoms with Crippen molar-refractivity contribution < 1.29 is 4.52 Å². The normalized spacial score (nSPS) is 12.0. The van der Waals surface area contributed by atoms with Gasteiger partial charge in [0.05, 0.1) is 16.5 Å². The van der Waals surface area contributed by atoms with Crippen LogP contribution in [0.5, 0.6) is 0 Å². The molecule has 0 aliphatic heterocycles. The first-order valence-corrected chi connectivity index (χ1v) is 8.36. The van der Waals surface area contributed by atoms with Crippen molar-refractivity contribution >= 4 is 23.1 Å². The molecule has 0 saturated carbocycles. The molecule has 104 valence electrons. The van der Waals surface area contributed by atoms with E-state index in [1.165, 1.54) is 5.01 Å². The molecule has 0 fully saturated rings. The third-order valence-electron chi connectivity index (χ3n) is 2.49. The second-order valence-electron chi connectivity index (χ2n) is 5.34. The standard InChI is InChI=1S/C13H19N3OS2/c1-5-11-15-10(16-17-11)8-18-6-9-7-19-12(14-9)13(2,3)4/h7H,5-6,8H2,1-4H3. The van der Waals surface area contributed by atoms with Crippen LogP contribution in [0.1, 0.15) is 50.1 Å². The topological polar surface area (TPSA) is 51.8 Å². The van der Waals surface area contributed by atoms with Gasteiger partial charge in [0.2, 0.25) is 5.89 Å². The molecule has 0 radical (unpaired) electrons. The summed E-state index contributed by atoms with van der Waals surface area (Å²) < 4.78 is 5.08. The van der Waals surface area contributed by atoms with Gasteiger partial charge >= 0.3 is 0 Å². The molecule has 0 saturated heterocycles. The lowest BCUT2D eigenvalue weighted by Crippen LogP contribution is -2.10. The van der Waals surface area contributed by atoms with Crippen LogP contribution in [0.25, 0.3) is 0 Å². The Kier molecular flexibility index (Phi) is 4.62. The molecule has 19 heavy (non-hydrogen) atoms. The van der Waals surface area contributed by atoms with E-state index in [4.69, 9.17) is 4.52 Å². The summed E-state index contributed by atoms with van der Waals surface area (Å²) in [6, 6.07) is 0. The van der Waals surface area contributed by atoms with Crippen LogP contribution in [0.2, 0.25) is 0 Å². The monoisotopic (exact) mass is 297 g/mol. The van der Waals surface area contributed by atoms with Crippen molar-refractivity contribution in [3.8, 4) is 0 Å². The van der Waals surface area contributed by atoms with Gasteiger partial charge in [-0.3, -0.25) is 0 Å². The third kappa shape index (κ3) is 4.04. The van der Waals surface area contributed by atoms with E-state index in [0.717, 1.165) is 29.4 Å². The van der Waals surface area contributed by atoms with Crippen LogP contribution < -0.4 is 0 Å². The molecule has 2 heterocycles. The second kappa shape index (κ2) is 6.05. The van der Waals surface area contributed by atoms with Crippen LogP contribution in [0.4, 0.5) is 0 Å². The Morgan fingerprint density at radius 1 is 1.26 bits per heavy atom. The smallest absolute Gasteiger partial charge is 0.226 e. The number of thiazole rings is 1. The highest BCUT2D eigenvalue weighted by atomic mass is 32.2. The highest BCUT2D eigenvalue weighted by Gasteiger charge is 2.17. The van der Waals surface area contributed by atoms with Crippen molar-refractivity contribution in [1.82, 2.24) is 15.1 Å². The molecule has 0 amide bonds. The summed E-state index contributed by atoms with van der Waals surface area (Å²) in [5.74, 6) is 3.14. The number of rotatable bonds is 5. The van der Waals surface area contributed by atoms with Crippen molar-refractivity contribution in [3.05, 3.63) is 27.8 Å². The van der Waals surface area contributed by atoms with E-state index in [9.17, 15) is 0 Å². The van der Waals surface area contributed by atoms with E-state index in [2.05, 4.69) is 41.3 Å². The fraction of sp³-hybridized carbons (Fsp3) is 0.615. The van der Waals surface area contributed by atoms with E-state index >= 15 is 0 Å². The fourth-order valence-electron chi connectivity index (χ4n) is 1.46. The molecule has 2 aromatic rings. The largest absolute Gasteiger partial charge is 0.339 e. The molecule has 0 aromatic carbocycles. The number of thioether (sulfide) groups is 1. The Balaban J connectivity index is 1.84. The Morgan fingerprint density at radius 3 is 2.63 bits per heavy atom. The van der Waals surface area contributed by atoms with Crippen LogP contribution in [-0.4, -0.2) is 15.1 Å². The summed E-state index contributed by atoms with van der Waals surface area (Å²) in [5.41, 5.74) is 1.27. The van der Waals surface area contributed by atoms with Gasteiger partial charge in [-0.05, 0) is 0 Å². The first-order valence-electron chi connectivity index (χ1n) is 6.33. The van der Waals surface area contributed by atoms with E-state index in [1.807, 2.05) is 6.92 Å². The summed E-state index contributed by atoms with van der Waals surface area (Å²) in [7, 11) is 0. The fourth-order valence-corrected chi connectivity index (χ4v) is 3.23. The Hall–Kier alpha value is -0.880. The predicted octanol–water partition coefficient (Wildman–Crippen LogP) is 3.82. The molecule has 0 unspecified atom stereocenters. The van der Waals surface area contributed by atoms with Crippen LogP contribution in [0, 0.1) is 0 Å². The Bertz CT molecular complexity index is 528. The zero-order valence-electron chi connectivity index (χ0n) is 11.8. The molecule has 0 aliphatic rings. The molecule has 0 aliphatic carbocycles. The summed E-state index contributed by atoms with van der Waals surface area (Å²) in [6.07, 6.45) is 0.790. The maximum absolute atomic E-state index is 5.08. The van der Waals surface area contributed by atoms with Gasteiger partial charge in [-0.2, -0.15) is 4.98 Å². The molecule has 0 bridgehead atoms. The van der Waals surface area contributed by atoms with Gasteiger partial charge < -0.3 is 4.52 Å². The van der Waals surface area contributed by atoms with E-state index in [-0.39, 0.29) is 5.41 Å². The van der Waals surface area contributed by atoms with Gasteiger partial charge in [-0.25, -0.2) is 4.98 Å². The molecule has 4 nitrogen and oxygen atoms in total. The van der Waals surface area contributed by atoms with Gasteiger partial charge in [0, 0.05) is 23.0 Å². The molecule has 2 rings (SSSR count). The molecule has 0 spiro atoms. The van der Waals surface area contributed by atoms with Crippen molar-refractivity contribution in [2.75, 3.05) is 0 Å². The minimum atomic E-state index is 0.136. The quantitative estimate of drug-likeness (QED) is 0.839. The van der Waals surface area contributed by atoms with Gasteiger partial charge in [0.25, 0.3) is 0 Å². The highest BCUT2D eigenvalue weighted by Crippen LogP contribution is 2.27. The first-order chi connectivity index (χ1) is 8.99. The molecule has 6 heteroatoms. The maximum atomic E-state index is 5.08. The number of nitrogens with zero attached hydrogens (tertiary/aromatic N) is 3. The van der Waals surface area contributed by atoms with Crippen molar-refractivity contribution in [3.63, 3.8) is 0 Å². The molecular weight excluding hydrogens is 278 g/mol. The Morgan fingerprint density at radius 2 is 2.05 bits per heavy atom. The zero-order chi connectivity index (χ0) is 13.9. The average molecular weight is 297 g/mol.